The fourth-order valence-corrected chi connectivity index (χ4v) is 8.07. The van der Waals surface area contributed by atoms with Crippen molar-refractivity contribution >= 4 is 37.1 Å². The second-order valence-electron chi connectivity index (χ2n) is 9.11. The van der Waals surface area contributed by atoms with E-state index in [9.17, 15) is 16.8 Å². The van der Waals surface area contributed by atoms with Crippen LogP contribution in [0.2, 0.25) is 0 Å². The Morgan fingerprint density at radius 3 is 2.69 bits per heavy atom. The van der Waals surface area contributed by atoms with Crippen molar-refractivity contribution < 1.29 is 16.8 Å². The van der Waals surface area contributed by atoms with Gasteiger partial charge >= 0.3 is 0 Å². The van der Waals surface area contributed by atoms with Gasteiger partial charge in [-0.15, -0.1) is 0 Å². The van der Waals surface area contributed by atoms with Gasteiger partial charge in [-0.2, -0.15) is 21.3 Å². The number of likely N-dealkylation sites (N-methyl/N-ethyl adjacent to an activating group) is 1. The van der Waals surface area contributed by atoms with Crippen LogP contribution in [-0.4, -0.2) is 102 Å². The zero-order valence-corrected chi connectivity index (χ0v) is 19.9. The summed E-state index contributed by atoms with van der Waals surface area (Å²) in [6.45, 7) is 2.10. The zero-order chi connectivity index (χ0) is 22.7. The van der Waals surface area contributed by atoms with E-state index in [1.54, 1.807) is 11.4 Å². The first-order valence-corrected chi connectivity index (χ1v) is 14.1. The number of nitrogens with one attached hydrogen (secondary N) is 1. The van der Waals surface area contributed by atoms with Crippen LogP contribution >= 0.6 is 0 Å². The van der Waals surface area contributed by atoms with Crippen LogP contribution in [0.25, 0.3) is 11.0 Å². The van der Waals surface area contributed by atoms with Crippen LogP contribution in [0.15, 0.2) is 18.6 Å². The SMILES string of the molecule is CN(CC1CCCN1S(C)(=O)=O)S(=O)(=O)N1CCN(c2ncnc3[nH]ccc23)CC12CC2. The Labute approximate surface area is 188 Å². The molecule has 1 aliphatic carbocycles. The molecule has 1 unspecified atom stereocenters. The number of H-pyrrole nitrogens is 1. The Kier molecular flexibility index (Phi) is 5.24. The van der Waals surface area contributed by atoms with Gasteiger partial charge in [0, 0.05) is 52.0 Å². The van der Waals surface area contributed by atoms with E-state index >= 15 is 0 Å². The Bertz CT molecular complexity index is 1230. The number of sulfonamides is 1. The molecule has 0 radical (unpaired) electrons. The van der Waals surface area contributed by atoms with Gasteiger partial charge in [-0.25, -0.2) is 18.4 Å². The number of rotatable bonds is 6. The van der Waals surface area contributed by atoms with Gasteiger partial charge in [0.25, 0.3) is 10.2 Å². The van der Waals surface area contributed by atoms with Crippen LogP contribution in [0.4, 0.5) is 5.82 Å². The number of aromatic amines is 1. The van der Waals surface area contributed by atoms with Crippen molar-refractivity contribution in [3.05, 3.63) is 18.6 Å². The minimum atomic E-state index is -3.72. The summed E-state index contributed by atoms with van der Waals surface area (Å²) in [4.78, 5) is 14.0. The van der Waals surface area contributed by atoms with E-state index in [1.165, 1.54) is 21.2 Å². The average molecular weight is 484 g/mol. The number of hydrogen-bond acceptors (Lipinski definition) is 7. The van der Waals surface area contributed by atoms with Crippen molar-refractivity contribution in [2.75, 3.05) is 50.9 Å². The molecular formula is C19H29N7O4S2. The summed E-state index contributed by atoms with van der Waals surface area (Å²) in [5.41, 5.74) is 0.326. The molecule has 5 rings (SSSR count). The quantitative estimate of drug-likeness (QED) is 0.623. The van der Waals surface area contributed by atoms with Crippen LogP contribution in [-0.2, 0) is 20.2 Å². The maximum Gasteiger partial charge on any atom is 0.282 e. The predicted octanol–water partition coefficient (Wildman–Crippen LogP) is 0.213. The van der Waals surface area contributed by atoms with Gasteiger partial charge in [0.1, 0.15) is 17.8 Å². The van der Waals surface area contributed by atoms with E-state index in [1.807, 2.05) is 12.3 Å². The summed E-state index contributed by atoms with van der Waals surface area (Å²) in [6.07, 6.45) is 7.57. The van der Waals surface area contributed by atoms with Gasteiger partial charge in [0.05, 0.1) is 17.2 Å². The second kappa shape index (κ2) is 7.62. The van der Waals surface area contributed by atoms with Crippen molar-refractivity contribution in [1.82, 2.24) is 27.9 Å². The minimum absolute atomic E-state index is 0.168. The standard InChI is InChI=1S/C19H29N7O4S2/c1-23(12-15-4-3-9-25(15)31(2,27)28)32(29,30)26-11-10-24(13-19(26)6-7-19)18-16-5-8-20-17(16)21-14-22-18/h5,8,14-15H,3-4,6-7,9-13H2,1-2H3,(H,20,21,22). The highest BCUT2D eigenvalue weighted by molar-refractivity contribution is 7.88. The van der Waals surface area contributed by atoms with Crippen molar-refractivity contribution in [2.24, 2.45) is 0 Å². The summed E-state index contributed by atoms with van der Waals surface area (Å²) < 4.78 is 55.6. The normalized spacial score (nSPS) is 24.7. The van der Waals surface area contributed by atoms with Gasteiger partial charge in [0.2, 0.25) is 10.0 Å². The summed E-state index contributed by atoms with van der Waals surface area (Å²) in [7, 11) is -5.51. The molecule has 2 saturated heterocycles. The minimum Gasteiger partial charge on any atom is -0.353 e. The molecule has 1 saturated carbocycles. The lowest BCUT2D eigenvalue weighted by Gasteiger charge is -2.43. The van der Waals surface area contributed by atoms with Gasteiger partial charge < -0.3 is 9.88 Å². The lowest BCUT2D eigenvalue weighted by atomic mass is 10.2. The molecule has 11 nitrogen and oxygen atoms in total. The summed E-state index contributed by atoms with van der Waals surface area (Å²) in [5.74, 6) is 0.822. The molecule has 4 heterocycles. The third-order valence-corrected chi connectivity index (χ3v) is 10.3. The third kappa shape index (κ3) is 3.69. The van der Waals surface area contributed by atoms with Crippen LogP contribution in [0.5, 0.6) is 0 Å². The van der Waals surface area contributed by atoms with Crippen LogP contribution in [0, 0.1) is 0 Å². The van der Waals surface area contributed by atoms with Gasteiger partial charge in [-0.3, -0.25) is 0 Å². The van der Waals surface area contributed by atoms with E-state index in [0.717, 1.165) is 36.1 Å². The maximum absolute atomic E-state index is 13.5. The fourth-order valence-electron chi connectivity index (χ4n) is 5.15. The van der Waals surface area contributed by atoms with E-state index in [0.29, 0.717) is 32.6 Å². The number of aromatic nitrogens is 3. The third-order valence-electron chi connectivity index (χ3n) is 6.94. The predicted molar refractivity (Wildman–Crippen MR) is 121 cm³/mol. The fraction of sp³-hybridized carbons (Fsp3) is 0.684. The molecule has 0 aromatic carbocycles. The average Bonchev–Trinajstić information content (AvgIpc) is 3.15. The molecule has 2 aromatic heterocycles. The first-order valence-electron chi connectivity index (χ1n) is 10.9. The van der Waals surface area contributed by atoms with Crippen LogP contribution < -0.4 is 4.90 Å². The van der Waals surface area contributed by atoms with Crippen molar-refractivity contribution in [3.63, 3.8) is 0 Å². The molecule has 1 spiro atoms. The molecule has 13 heteroatoms. The monoisotopic (exact) mass is 483 g/mol. The first kappa shape index (κ1) is 22.0. The molecule has 3 aliphatic rings. The number of fused-ring (bicyclic) bond motifs is 1. The summed E-state index contributed by atoms with van der Waals surface area (Å²) in [5, 5.41) is 0.929. The van der Waals surface area contributed by atoms with E-state index < -0.39 is 25.8 Å². The number of hydrogen-bond donors (Lipinski definition) is 1. The van der Waals surface area contributed by atoms with E-state index in [2.05, 4.69) is 19.9 Å². The van der Waals surface area contributed by atoms with Gasteiger partial charge in [-0.05, 0) is 31.7 Å². The van der Waals surface area contributed by atoms with Crippen molar-refractivity contribution in [2.45, 2.75) is 37.3 Å². The molecule has 0 amide bonds. The van der Waals surface area contributed by atoms with Gasteiger partial charge in [-0.1, -0.05) is 0 Å². The molecule has 0 bridgehead atoms. The molecule has 2 aliphatic heterocycles. The highest BCUT2D eigenvalue weighted by Crippen LogP contribution is 2.47. The highest BCUT2D eigenvalue weighted by Gasteiger charge is 2.57. The largest absolute Gasteiger partial charge is 0.353 e. The lowest BCUT2D eigenvalue weighted by Crippen LogP contribution is -2.60. The Morgan fingerprint density at radius 1 is 1.19 bits per heavy atom. The molecule has 1 atom stereocenters. The zero-order valence-electron chi connectivity index (χ0n) is 18.3. The summed E-state index contributed by atoms with van der Waals surface area (Å²) >= 11 is 0. The molecule has 2 aromatic rings. The van der Waals surface area contributed by atoms with Crippen molar-refractivity contribution in [3.8, 4) is 0 Å². The second-order valence-corrected chi connectivity index (χ2v) is 13.0. The smallest absolute Gasteiger partial charge is 0.282 e. The number of nitrogens with zero attached hydrogens (tertiary/aromatic N) is 6. The Morgan fingerprint density at radius 2 is 1.97 bits per heavy atom. The number of piperazine rings is 1. The van der Waals surface area contributed by atoms with Crippen LogP contribution in [0.1, 0.15) is 25.7 Å². The van der Waals surface area contributed by atoms with E-state index in [-0.39, 0.29) is 12.6 Å². The van der Waals surface area contributed by atoms with Crippen molar-refractivity contribution in [1.29, 1.82) is 0 Å². The Hall–Kier alpha value is -1.80. The van der Waals surface area contributed by atoms with Gasteiger partial charge in [0.15, 0.2) is 0 Å². The van der Waals surface area contributed by atoms with Crippen LogP contribution in [0.3, 0.4) is 0 Å². The molecule has 1 N–H and O–H groups in total. The first-order chi connectivity index (χ1) is 15.1. The summed E-state index contributed by atoms with van der Waals surface area (Å²) in [6, 6.07) is 1.63. The molecular weight excluding hydrogens is 454 g/mol. The maximum atomic E-state index is 13.5. The number of anilines is 1. The Balaban J connectivity index is 1.34. The molecule has 32 heavy (non-hydrogen) atoms. The molecule has 176 valence electrons. The van der Waals surface area contributed by atoms with E-state index in [4.69, 9.17) is 0 Å². The topological polar surface area (TPSA) is 123 Å². The molecule has 3 fully saturated rings. The highest BCUT2D eigenvalue weighted by atomic mass is 32.2. The lowest BCUT2D eigenvalue weighted by molar-refractivity contribution is 0.242.